The first-order valence-corrected chi connectivity index (χ1v) is 9.65. The summed E-state index contributed by atoms with van der Waals surface area (Å²) in [7, 11) is 1.63. The fourth-order valence-corrected chi connectivity index (χ4v) is 3.64. The molecule has 7 nitrogen and oxygen atoms in total. The van der Waals surface area contributed by atoms with E-state index >= 15 is 0 Å². The summed E-state index contributed by atoms with van der Waals surface area (Å²) in [6.07, 6.45) is -0.362. The average molecular weight is 399 g/mol. The van der Waals surface area contributed by atoms with Gasteiger partial charge in [0.05, 0.1) is 18.1 Å². The molecule has 0 spiro atoms. The molecule has 30 heavy (non-hydrogen) atoms. The molecule has 0 radical (unpaired) electrons. The summed E-state index contributed by atoms with van der Waals surface area (Å²) < 4.78 is 13.6. The zero-order valence-electron chi connectivity index (χ0n) is 16.4. The van der Waals surface area contributed by atoms with Crippen LogP contribution in [0.15, 0.2) is 77.8 Å². The zero-order chi connectivity index (χ0) is 20.5. The van der Waals surface area contributed by atoms with Crippen molar-refractivity contribution in [2.75, 3.05) is 12.4 Å². The van der Waals surface area contributed by atoms with Crippen LogP contribution >= 0.6 is 0 Å². The summed E-state index contributed by atoms with van der Waals surface area (Å²) in [6, 6.07) is 23.8. The number of ether oxygens (including phenoxy) is 2. The third kappa shape index (κ3) is 3.20. The predicted molar refractivity (Wildman–Crippen MR) is 117 cm³/mol. The van der Waals surface area contributed by atoms with Crippen LogP contribution in [0.4, 0.5) is 5.95 Å². The number of nitrogens with one attached hydrogen (secondary N) is 1. The van der Waals surface area contributed by atoms with Crippen LogP contribution in [0.3, 0.4) is 0 Å². The van der Waals surface area contributed by atoms with Crippen molar-refractivity contribution in [3.8, 4) is 11.5 Å². The van der Waals surface area contributed by atoms with Gasteiger partial charge >= 0.3 is 0 Å². The van der Waals surface area contributed by atoms with E-state index < -0.39 is 0 Å². The Balaban J connectivity index is 1.55. The maximum absolute atomic E-state index is 6.08. The lowest BCUT2D eigenvalue weighted by molar-refractivity contribution is 0.284. The Bertz CT molecular complexity index is 1230. The summed E-state index contributed by atoms with van der Waals surface area (Å²) in [5, 5.41) is 3.06. The minimum atomic E-state index is -0.362. The molecule has 150 valence electrons. The summed E-state index contributed by atoms with van der Waals surface area (Å²) in [5.41, 5.74) is 9.92. The van der Waals surface area contributed by atoms with E-state index in [1.807, 2.05) is 77.4 Å². The number of rotatable bonds is 5. The van der Waals surface area contributed by atoms with Gasteiger partial charge in [-0.05, 0) is 29.8 Å². The highest BCUT2D eigenvalue weighted by Crippen LogP contribution is 2.36. The lowest BCUT2D eigenvalue weighted by atomic mass is 10.1. The highest BCUT2D eigenvalue weighted by Gasteiger charge is 2.26. The minimum Gasteiger partial charge on any atom is -0.493 e. The molecule has 0 amide bonds. The number of guanidine groups is 1. The van der Waals surface area contributed by atoms with E-state index in [0.29, 0.717) is 30.0 Å². The van der Waals surface area contributed by atoms with Crippen LogP contribution in [-0.4, -0.2) is 22.6 Å². The molecule has 5 rings (SSSR count). The van der Waals surface area contributed by atoms with E-state index in [1.165, 1.54) is 0 Å². The number of imidazole rings is 1. The van der Waals surface area contributed by atoms with Crippen molar-refractivity contribution in [3.63, 3.8) is 0 Å². The van der Waals surface area contributed by atoms with Gasteiger partial charge in [-0.3, -0.25) is 9.88 Å². The number of nitrogens with zero attached hydrogens (tertiary/aromatic N) is 3. The lowest BCUT2D eigenvalue weighted by Gasteiger charge is -2.24. The van der Waals surface area contributed by atoms with Gasteiger partial charge in [-0.15, -0.1) is 0 Å². The van der Waals surface area contributed by atoms with Crippen LogP contribution in [0.2, 0.25) is 0 Å². The average Bonchev–Trinajstić information content (AvgIpc) is 3.15. The first-order valence-electron chi connectivity index (χ1n) is 9.65. The van der Waals surface area contributed by atoms with Gasteiger partial charge in [0.25, 0.3) is 0 Å². The molecule has 0 fully saturated rings. The number of benzene rings is 3. The number of nitrogens with two attached hydrogens (primary N) is 1. The van der Waals surface area contributed by atoms with Crippen LogP contribution in [0.5, 0.6) is 11.5 Å². The number of hydrogen-bond acceptors (Lipinski definition) is 6. The third-order valence-corrected chi connectivity index (χ3v) is 5.06. The molecule has 3 N–H and O–H groups in total. The van der Waals surface area contributed by atoms with Crippen molar-refractivity contribution in [3.05, 3.63) is 83.9 Å². The van der Waals surface area contributed by atoms with E-state index in [4.69, 9.17) is 15.2 Å². The van der Waals surface area contributed by atoms with E-state index in [0.717, 1.165) is 22.2 Å². The molecular formula is C23H21N5O2. The Kier molecular flexibility index (Phi) is 4.48. The van der Waals surface area contributed by atoms with Gasteiger partial charge in [-0.25, -0.2) is 9.98 Å². The monoisotopic (exact) mass is 399 g/mol. The number of methoxy groups -OCH3 is 1. The Hall–Kier alpha value is -4.00. The van der Waals surface area contributed by atoms with E-state index in [-0.39, 0.29) is 6.17 Å². The molecule has 0 bridgehead atoms. The molecule has 1 aliphatic rings. The Morgan fingerprint density at radius 1 is 1.00 bits per heavy atom. The quantitative estimate of drug-likeness (QED) is 0.531. The molecule has 1 aliphatic heterocycles. The van der Waals surface area contributed by atoms with E-state index in [2.05, 4.69) is 15.3 Å². The number of anilines is 1. The minimum absolute atomic E-state index is 0.324. The molecule has 3 aromatic carbocycles. The fraction of sp³-hybridized carbons (Fsp3) is 0.130. The van der Waals surface area contributed by atoms with Gasteiger partial charge in [0.15, 0.2) is 23.6 Å². The summed E-state index contributed by atoms with van der Waals surface area (Å²) >= 11 is 0. The number of aromatic nitrogens is 2. The van der Waals surface area contributed by atoms with Gasteiger partial charge in [-0.2, -0.15) is 0 Å². The SMILES string of the molecule is COc1ccc([C@@H]2N=C(N)Nc3nc4ccccc4n32)cc1OCc1ccccc1. The first-order chi connectivity index (χ1) is 14.7. The summed E-state index contributed by atoms with van der Waals surface area (Å²) in [5.74, 6) is 2.30. The Morgan fingerprint density at radius 3 is 2.63 bits per heavy atom. The lowest BCUT2D eigenvalue weighted by Crippen LogP contribution is -2.31. The second-order valence-electron chi connectivity index (χ2n) is 6.99. The Labute approximate surface area is 173 Å². The molecule has 0 aliphatic carbocycles. The predicted octanol–water partition coefficient (Wildman–Crippen LogP) is 3.91. The molecule has 7 heteroatoms. The van der Waals surface area contributed by atoms with E-state index in [1.54, 1.807) is 7.11 Å². The first kappa shape index (κ1) is 18.1. The molecule has 0 unspecified atom stereocenters. The number of hydrogen-bond donors (Lipinski definition) is 2. The summed E-state index contributed by atoms with van der Waals surface area (Å²) in [6.45, 7) is 0.442. The van der Waals surface area contributed by atoms with Gasteiger partial charge < -0.3 is 15.2 Å². The van der Waals surface area contributed by atoms with Gasteiger partial charge in [-0.1, -0.05) is 48.5 Å². The molecule has 2 heterocycles. The molecular weight excluding hydrogens is 378 g/mol. The van der Waals surface area contributed by atoms with Gasteiger partial charge in [0.1, 0.15) is 6.61 Å². The third-order valence-electron chi connectivity index (χ3n) is 5.06. The van der Waals surface area contributed by atoms with Crippen LogP contribution in [-0.2, 0) is 6.61 Å². The van der Waals surface area contributed by atoms with Crippen molar-refractivity contribution in [2.24, 2.45) is 10.7 Å². The van der Waals surface area contributed by atoms with Crippen molar-refractivity contribution < 1.29 is 9.47 Å². The smallest absolute Gasteiger partial charge is 0.212 e. The highest BCUT2D eigenvalue weighted by atomic mass is 16.5. The maximum atomic E-state index is 6.08. The number of fused-ring (bicyclic) bond motifs is 3. The largest absolute Gasteiger partial charge is 0.493 e. The topological polar surface area (TPSA) is 86.7 Å². The van der Waals surface area contributed by atoms with Crippen molar-refractivity contribution >= 4 is 22.9 Å². The highest BCUT2D eigenvalue weighted by molar-refractivity contribution is 5.94. The van der Waals surface area contributed by atoms with Crippen molar-refractivity contribution in [2.45, 2.75) is 12.8 Å². The van der Waals surface area contributed by atoms with Crippen LogP contribution in [0, 0.1) is 0 Å². The molecule has 1 aromatic heterocycles. The van der Waals surface area contributed by atoms with Crippen LogP contribution in [0.1, 0.15) is 17.3 Å². The standard InChI is InChI=1S/C23H21N5O2/c1-29-19-12-11-16(13-20(19)30-14-15-7-3-2-4-8-15)21-26-22(24)27-23-25-17-9-5-6-10-18(17)28(21)23/h2-13,21H,14H2,1H3,(H3,24,25,26,27)/t21-/m1/s1. The maximum Gasteiger partial charge on any atom is 0.212 e. The number of para-hydroxylation sites is 2. The normalized spacial score (nSPS) is 15.2. The second kappa shape index (κ2) is 7.44. The van der Waals surface area contributed by atoms with Gasteiger partial charge in [0.2, 0.25) is 5.95 Å². The van der Waals surface area contributed by atoms with Crippen molar-refractivity contribution in [1.82, 2.24) is 9.55 Å². The molecule has 0 saturated carbocycles. The van der Waals surface area contributed by atoms with Crippen molar-refractivity contribution in [1.29, 1.82) is 0 Å². The molecule has 4 aromatic rings. The number of aliphatic imine (C=N–C) groups is 1. The summed E-state index contributed by atoms with van der Waals surface area (Å²) in [4.78, 5) is 9.29. The van der Waals surface area contributed by atoms with Crippen LogP contribution in [0.25, 0.3) is 11.0 Å². The molecule has 1 atom stereocenters. The molecule has 0 saturated heterocycles. The van der Waals surface area contributed by atoms with Crippen LogP contribution < -0.4 is 20.5 Å². The second-order valence-corrected chi connectivity index (χ2v) is 6.99. The van der Waals surface area contributed by atoms with E-state index in [9.17, 15) is 0 Å². The Morgan fingerprint density at radius 2 is 1.80 bits per heavy atom. The fourth-order valence-electron chi connectivity index (χ4n) is 3.64. The van der Waals surface area contributed by atoms with Gasteiger partial charge in [0, 0.05) is 5.56 Å². The zero-order valence-corrected chi connectivity index (χ0v) is 16.4.